The number of hydrogen-bond acceptors (Lipinski definition) is 5. The monoisotopic (exact) mass is 418 g/mol. The highest BCUT2D eigenvalue weighted by molar-refractivity contribution is 7.89. The molecule has 1 amide bonds. The van der Waals surface area contributed by atoms with E-state index in [1.54, 1.807) is 6.07 Å². The van der Waals surface area contributed by atoms with Crippen molar-refractivity contribution in [3.05, 3.63) is 59.7 Å². The van der Waals surface area contributed by atoms with Crippen LogP contribution in [0.5, 0.6) is 11.5 Å². The second-order valence-corrected chi connectivity index (χ2v) is 9.47. The molecule has 156 valence electrons. The highest BCUT2D eigenvalue weighted by Crippen LogP contribution is 2.41. The first kappa shape index (κ1) is 21.1. The molecule has 0 saturated heterocycles. The van der Waals surface area contributed by atoms with Crippen molar-refractivity contribution in [2.75, 3.05) is 18.9 Å². The summed E-state index contributed by atoms with van der Waals surface area (Å²) in [4.78, 5) is 12.0. The van der Waals surface area contributed by atoms with Crippen LogP contribution in [0.4, 0.5) is 0 Å². The number of carbonyl (C=O) groups excluding carboxylic acids is 1. The van der Waals surface area contributed by atoms with Crippen molar-refractivity contribution in [1.29, 1.82) is 0 Å². The SMILES string of the molecule is CC1(C)Cc2cccc(OCC(=O)NCCS(=O)(=O)NCc3ccccc3)c2O1. The fourth-order valence-corrected chi connectivity index (χ4v) is 3.98. The maximum atomic E-state index is 12.0. The Kier molecular flexibility index (Phi) is 6.44. The molecule has 29 heavy (non-hydrogen) atoms. The summed E-state index contributed by atoms with van der Waals surface area (Å²) >= 11 is 0. The van der Waals surface area contributed by atoms with Gasteiger partial charge in [-0.2, -0.15) is 0 Å². The number of para-hydroxylation sites is 1. The van der Waals surface area contributed by atoms with Crippen LogP contribution in [-0.2, 0) is 27.8 Å². The number of hydrogen-bond donors (Lipinski definition) is 2. The van der Waals surface area contributed by atoms with Gasteiger partial charge in [-0.15, -0.1) is 0 Å². The molecule has 2 aromatic rings. The predicted octanol–water partition coefficient (Wildman–Crippen LogP) is 2.01. The first-order valence-electron chi connectivity index (χ1n) is 9.46. The van der Waals surface area contributed by atoms with Gasteiger partial charge in [0.1, 0.15) is 5.60 Å². The molecule has 3 rings (SSSR count). The number of benzene rings is 2. The van der Waals surface area contributed by atoms with Gasteiger partial charge in [0.05, 0.1) is 5.75 Å². The third kappa shape index (κ3) is 6.20. The normalized spacial score (nSPS) is 14.7. The van der Waals surface area contributed by atoms with Crippen molar-refractivity contribution in [3.8, 4) is 11.5 Å². The third-order valence-corrected chi connectivity index (χ3v) is 5.77. The average Bonchev–Trinajstić information content (AvgIpc) is 3.00. The lowest BCUT2D eigenvalue weighted by molar-refractivity contribution is -0.122. The number of sulfonamides is 1. The van der Waals surface area contributed by atoms with E-state index >= 15 is 0 Å². The van der Waals surface area contributed by atoms with Crippen LogP contribution in [0.15, 0.2) is 48.5 Å². The Labute approximate surface area is 171 Å². The quantitative estimate of drug-likeness (QED) is 0.650. The van der Waals surface area contributed by atoms with Gasteiger partial charge in [0.15, 0.2) is 18.1 Å². The Morgan fingerprint density at radius 3 is 2.66 bits per heavy atom. The van der Waals surface area contributed by atoms with Crippen LogP contribution in [0, 0.1) is 0 Å². The summed E-state index contributed by atoms with van der Waals surface area (Å²) in [6, 6.07) is 14.8. The predicted molar refractivity (Wildman–Crippen MR) is 110 cm³/mol. The zero-order chi connectivity index (χ0) is 20.9. The van der Waals surface area contributed by atoms with E-state index in [9.17, 15) is 13.2 Å². The fourth-order valence-electron chi connectivity index (χ4n) is 3.08. The Morgan fingerprint density at radius 1 is 1.14 bits per heavy atom. The van der Waals surface area contributed by atoms with Crippen molar-refractivity contribution < 1.29 is 22.7 Å². The Bertz CT molecular complexity index is 958. The molecule has 0 spiro atoms. The van der Waals surface area contributed by atoms with E-state index in [-0.39, 0.29) is 31.1 Å². The van der Waals surface area contributed by atoms with Gasteiger partial charge in [0.25, 0.3) is 5.91 Å². The van der Waals surface area contributed by atoms with Gasteiger partial charge in [-0.1, -0.05) is 42.5 Å². The van der Waals surface area contributed by atoms with E-state index in [1.165, 1.54) is 0 Å². The average molecular weight is 419 g/mol. The lowest BCUT2D eigenvalue weighted by Gasteiger charge is -2.18. The van der Waals surface area contributed by atoms with E-state index in [2.05, 4.69) is 10.0 Å². The molecule has 0 atom stereocenters. The molecular formula is C21H26N2O5S. The Balaban J connectivity index is 1.41. The van der Waals surface area contributed by atoms with Crippen molar-refractivity contribution in [1.82, 2.24) is 10.0 Å². The summed E-state index contributed by atoms with van der Waals surface area (Å²) in [5, 5.41) is 2.57. The highest BCUT2D eigenvalue weighted by Gasteiger charge is 2.32. The molecule has 1 heterocycles. The van der Waals surface area contributed by atoms with Crippen LogP contribution in [-0.4, -0.2) is 38.8 Å². The molecule has 0 fully saturated rings. The van der Waals surface area contributed by atoms with E-state index in [0.29, 0.717) is 11.5 Å². The maximum absolute atomic E-state index is 12.0. The summed E-state index contributed by atoms with van der Waals surface area (Å²) in [7, 11) is -3.49. The van der Waals surface area contributed by atoms with Crippen molar-refractivity contribution in [2.45, 2.75) is 32.4 Å². The highest BCUT2D eigenvalue weighted by atomic mass is 32.2. The minimum absolute atomic E-state index is 0.00272. The molecule has 0 aliphatic carbocycles. The number of fused-ring (bicyclic) bond motifs is 1. The van der Waals surface area contributed by atoms with E-state index in [1.807, 2.05) is 56.3 Å². The van der Waals surface area contributed by atoms with Gasteiger partial charge < -0.3 is 14.8 Å². The molecule has 7 nitrogen and oxygen atoms in total. The molecular weight excluding hydrogens is 392 g/mol. The summed E-state index contributed by atoms with van der Waals surface area (Å²) < 4.78 is 38.1. The van der Waals surface area contributed by atoms with Gasteiger partial charge in [0, 0.05) is 25.1 Å². The largest absolute Gasteiger partial charge is 0.483 e. The van der Waals surface area contributed by atoms with Gasteiger partial charge in [-0.25, -0.2) is 13.1 Å². The fraction of sp³-hybridized carbons (Fsp3) is 0.381. The van der Waals surface area contributed by atoms with Crippen molar-refractivity contribution in [2.24, 2.45) is 0 Å². The van der Waals surface area contributed by atoms with Crippen LogP contribution >= 0.6 is 0 Å². The lowest BCUT2D eigenvalue weighted by atomic mass is 10.0. The van der Waals surface area contributed by atoms with E-state index in [0.717, 1.165) is 17.5 Å². The Hall–Kier alpha value is -2.58. The summed E-state index contributed by atoms with van der Waals surface area (Å²) in [6.45, 7) is 4.00. The standard InChI is InChI=1S/C21H26N2O5S/c1-21(2)13-17-9-6-10-18(20(17)28-21)27-15-19(24)22-11-12-29(25,26)23-14-16-7-4-3-5-8-16/h3-10,23H,11-15H2,1-2H3,(H,22,24). The summed E-state index contributed by atoms with van der Waals surface area (Å²) in [5.41, 5.74) is 1.61. The zero-order valence-electron chi connectivity index (χ0n) is 16.6. The molecule has 1 aliphatic heterocycles. The number of nitrogens with one attached hydrogen (secondary N) is 2. The van der Waals surface area contributed by atoms with Gasteiger partial charge in [-0.05, 0) is 25.5 Å². The van der Waals surface area contributed by atoms with Gasteiger partial charge >= 0.3 is 0 Å². The maximum Gasteiger partial charge on any atom is 0.257 e. The lowest BCUT2D eigenvalue weighted by Crippen LogP contribution is -2.36. The van der Waals surface area contributed by atoms with Gasteiger partial charge in [-0.3, -0.25) is 4.79 Å². The number of rotatable bonds is 9. The van der Waals surface area contributed by atoms with Crippen LogP contribution in [0.2, 0.25) is 0 Å². The Morgan fingerprint density at radius 2 is 1.90 bits per heavy atom. The molecule has 8 heteroatoms. The minimum atomic E-state index is -3.49. The van der Waals surface area contributed by atoms with E-state index < -0.39 is 15.9 Å². The molecule has 0 saturated carbocycles. The number of amides is 1. The van der Waals surface area contributed by atoms with Crippen LogP contribution < -0.4 is 19.5 Å². The molecule has 0 unspecified atom stereocenters. The molecule has 0 bridgehead atoms. The summed E-state index contributed by atoms with van der Waals surface area (Å²) in [6.07, 6.45) is 0.777. The topological polar surface area (TPSA) is 93.7 Å². The number of carbonyl (C=O) groups is 1. The summed E-state index contributed by atoms with van der Waals surface area (Å²) in [5.74, 6) is 0.584. The van der Waals surface area contributed by atoms with Crippen LogP contribution in [0.1, 0.15) is 25.0 Å². The molecule has 0 aromatic heterocycles. The minimum Gasteiger partial charge on any atom is -0.483 e. The molecule has 1 aliphatic rings. The molecule has 2 aromatic carbocycles. The first-order valence-corrected chi connectivity index (χ1v) is 11.1. The number of ether oxygens (including phenoxy) is 2. The third-order valence-electron chi connectivity index (χ3n) is 4.45. The molecule has 0 radical (unpaired) electrons. The first-order chi connectivity index (χ1) is 13.7. The van der Waals surface area contributed by atoms with Crippen molar-refractivity contribution in [3.63, 3.8) is 0 Å². The van der Waals surface area contributed by atoms with Gasteiger partial charge in [0.2, 0.25) is 10.0 Å². The van der Waals surface area contributed by atoms with Crippen LogP contribution in [0.25, 0.3) is 0 Å². The second kappa shape index (κ2) is 8.84. The van der Waals surface area contributed by atoms with E-state index in [4.69, 9.17) is 9.47 Å². The second-order valence-electron chi connectivity index (χ2n) is 7.55. The van der Waals surface area contributed by atoms with Crippen LogP contribution in [0.3, 0.4) is 0 Å². The molecule has 2 N–H and O–H groups in total. The van der Waals surface area contributed by atoms with Crippen molar-refractivity contribution >= 4 is 15.9 Å². The zero-order valence-corrected chi connectivity index (χ0v) is 17.4. The smallest absolute Gasteiger partial charge is 0.257 e.